The van der Waals surface area contributed by atoms with Gasteiger partial charge in [0.25, 0.3) is 0 Å². The molecule has 0 bridgehead atoms. The van der Waals surface area contributed by atoms with E-state index in [1.165, 1.54) is 13.5 Å². The van der Waals surface area contributed by atoms with E-state index in [4.69, 9.17) is 0 Å². The molecule has 2 amide bonds. The molecule has 0 spiro atoms. The number of ether oxygens (including phenoxy) is 1. The monoisotopic (exact) mass is 328 g/mol. The number of methoxy groups -OCH3 is 1. The molecule has 0 saturated heterocycles. The van der Waals surface area contributed by atoms with Crippen molar-refractivity contribution in [2.45, 2.75) is 78.8 Å². The van der Waals surface area contributed by atoms with Crippen molar-refractivity contribution >= 4 is 12.0 Å². The Hall–Kier alpha value is -1.26. The van der Waals surface area contributed by atoms with Crippen molar-refractivity contribution in [3.63, 3.8) is 0 Å². The molecule has 1 N–H and O–H groups in total. The highest BCUT2D eigenvalue weighted by atomic mass is 16.5. The minimum absolute atomic E-state index is 0.0859. The molecule has 136 valence electrons. The van der Waals surface area contributed by atoms with E-state index in [2.05, 4.69) is 30.8 Å². The zero-order chi connectivity index (χ0) is 18.0. The molecular weight excluding hydrogens is 292 g/mol. The summed E-state index contributed by atoms with van der Waals surface area (Å²) in [5, 5.41) is 2.72. The summed E-state index contributed by atoms with van der Waals surface area (Å²) in [5.41, 5.74) is 0. The van der Waals surface area contributed by atoms with Crippen LogP contribution < -0.4 is 5.32 Å². The van der Waals surface area contributed by atoms with Gasteiger partial charge >= 0.3 is 6.09 Å². The highest BCUT2D eigenvalue weighted by molar-refractivity contribution is 5.80. The van der Waals surface area contributed by atoms with Gasteiger partial charge in [0.2, 0.25) is 5.91 Å². The average Bonchev–Trinajstić information content (AvgIpc) is 2.41. The zero-order valence-corrected chi connectivity index (χ0v) is 16.0. The Morgan fingerprint density at radius 1 is 1.13 bits per heavy atom. The van der Waals surface area contributed by atoms with Gasteiger partial charge in [-0.1, -0.05) is 34.6 Å². The third-order valence-electron chi connectivity index (χ3n) is 3.96. The van der Waals surface area contributed by atoms with Gasteiger partial charge in [-0.15, -0.1) is 0 Å². The van der Waals surface area contributed by atoms with Crippen LogP contribution in [0.25, 0.3) is 0 Å². The summed E-state index contributed by atoms with van der Waals surface area (Å²) in [6, 6.07) is 0.557. The third kappa shape index (κ3) is 7.71. The van der Waals surface area contributed by atoms with Crippen LogP contribution in [-0.2, 0) is 9.53 Å². The normalized spacial score (nSPS) is 22.3. The average molecular weight is 328 g/mol. The van der Waals surface area contributed by atoms with Crippen molar-refractivity contribution in [3.8, 4) is 0 Å². The van der Waals surface area contributed by atoms with Crippen LogP contribution in [0.3, 0.4) is 0 Å². The second-order valence-corrected chi connectivity index (χ2v) is 6.77. The fourth-order valence-electron chi connectivity index (χ4n) is 2.40. The van der Waals surface area contributed by atoms with Crippen LogP contribution >= 0.6 is 0 Å². The first-order valence-corrected chi connectivity index (χ1v) is 8.96. The van der Waals surface area contributed by atoms with E-state index < -0.39 is 6.09 Å². The molecule has 23 heavy (non-hydrogen) atoms. The van der Waals surface area contributed by atoms with Gasteiger partial charge < -0.3 is 15.0 Å². The number of carbonyl (C=O) groups is 2. The molecule has 0 aromatic carbocycles. The van der Waals surface area contributed by atoms with Gasteiger partial charge in [0.05, 0.1) is 7.11 Å². The van der Waals surface area contributed by atoms with E-state index in [0.717, 1.165) is 31.6 Å². The summed E-state index contributed by atoms with van der Waals surface area (Å²) in [4.78, 5) is 24.9. The SMILES string of the molecule is CC.CC(C)C.COC(=O)NC1CC(C(=O)N(C)C2CCC2)C1. The van der Waals surface area contributed by atoms with Crippen molar-refractivity contribution in [1.29, 1.82) is 0 Å². The predicted molar refractivity (Wildman–Crippen MR) is 94.3 cm³/mol. The number of nitrogens with one attached hydrogen (secondary N) is 1. The fraction of sp³-hybridized carbons (Fsp3) is 0.889. The highest BCUT2D eigenvalue weighted by Crippen LogP contribution is 2.32. The lowest BCUT2D eigenvalue weighted by atomic mass is 9.78. The summed E-state index contributed by atoms with van der Waals surface area (Å²) in [6.45, 7) is 10.5. The van der Waals surface area contributed by atoms with Crippen LogP contribution in [-0.4, -0.2) is 43.1 Å². The molecule has 0 aliphatic heterocycles. The predicted octanol–water partition coefficient (Wildman–Crippen LogP) is 3.82. The Morgan fingerprint density at radius 3 is 1.96 bits per heavy atom. The van der Waals surface area contributed by atoms with Gasteiger partial charge in [-0.25, -0.2) is 4.79 Å². The molecule has 2 rings (SSSR count). The first-order valence-electron chi connectivity index (χ1n) is 8.96. The Morgan fingerprint density at radius 2 is 1.61 bits per heavy atom. The summed E-state index contributed by atoms with van der Waals surface area (Å²) in [5.74, 6) is 1.15. The van der Waals surface area contributed by atoms with Crippen molar-refractivity contribution in [2.24, 2.45) is 11.8 Å². The molecule has 0 aromatic heterocycles. The van der Waals surface area contributed by atoms with Gasteiger partial charge in [0.1, 0.15) is 0 Å². The Labute approximate surface area is 142 Å². The van der Waals surface area contributed by atoms with Crippen LogP contribution in [0.15, 0.2) is 0 Å². The number of alkyl carbamates (subject to hydrolysis) is 1. The quantitative estimate of drug-likeness (QED) is 0.857. The van der Waals surface area contributed by atoms with E-state index in [-0.39, 0.29) is 17.9 Å². The Kier molecular flexibility index (Phi) is 10.7. The van der Waals surface area contributed by atoms with E-state index >= 15 is 0 Å². The van der Waals surface area contributed by atoms with Crippen molar-refractivity contribution in [3.05, 3.63) is 0 Å². The maximum Gasteiger partial charge on any atom is 0.407 e. The van der Waals surface area contributed by atoms with E-state index in [1.54, 1.807) is 0 Å². The third-order valence-corrected chi connectivity index (χ3v) is 3.96. The van der Waals surface area contributed by atoms with Crippen LogP contribution in [0.2, 0.25) is 0 Å². The van der Waals surface area contributed by atoms with Crippen molar-refractivity contribution < 1.29 is 14.3 Å². The number of nitrogens with zero attached hydrogens (tertiary/aromatic N) is 1. The smallest absolute Gasteiger partial charge is 0.407 e. The van der Waals surface area contributed by atoms with Gasteiger partial charge in [-0.2, -0.15) is 0 Å². The van der Waals surface area contributed by atoms with Crippen LogP contribution in [0.1, 0.15) is 66.7 Å². The van der Waals surface area contributed by atoms with Crippen LogP contribution in [0.5, 0.6) is 0 Å². The topological polar surface area (TPSA) is 58.6 Å². The lowest BCUT2D eigenvalue weighted by Gasteiger charge is -2.41. The molecular formula is C18H36N2O3. The Balaban J connectivity index is 0.000000705. The summed E-state index contributed by atoms with van der Waals surface area (Å²) < 4.78 is 4.52. The number of hydrogen-bond donors (Lipinski definition) is 1. The summed E-state index contributed by atoms with van der Waals surface area (Å²) in [7, 11) is 3.24. The second kappa shape index (κ2) is 11.3. The standard InChI is InChI=1S/C12H20N2O3.C4H10.C2H6/c1-14(10-4-3-5-10)11(15)8-6-9(7-8)13-12(16)17-2;1-4(2)3;1-2/h8-10H,3-7H2,1-2H3,(H,13,16);4H,1-3H3;1-2H3. The molecule has 5 heteroatoms. The molecule has 2 fully saturated rings. The second-order valence-electron chi connectivity index (χ2n) is 6.77. The van der Waals surface area contributed by atoms with Gasteiger partial charge in [-0.3, -0.25) is 4.79 Å². The molecule has 2 aliphatic rings. The molecule has 0 aromatic rings. The maximum atomic E-state index is 12.0. The molecule has 2 aliphatic carbocycles. The van der Waals surface area contributed by atoms with Gasteiger partial charge in [0.15, 0.2) is 0 Å². The number of rotatable bonds is 3. The molecule has 0 heterocycles. The molecule has 5 nitrogen and oxygen atoms in total. The number of carbonyl (C=O) groups excluding carboxylic acids is 2. The molecule has 0 radical (unpaired) electrons. The van der Waals surface area contributed by atoms with E-state index in [0.29, 0.717) is 6.04 Å². The molecule has 0 unspecified atom stereocenters. The van der Waals surface area contributed by atoms with Crippen molar-refractivity contribution in [1.82, 2.24) is 10.2 Å². The first-order chi connectivity index (χ1) is 10.8. The lowest BCUT2D eigenvalue weighted by molar-refractivity contribution is -0.141. The first kappa shape index (κ1) is 21.7. The van der Waals surface area contributed by atoms with E-state index in [9.17, 15) is 9.59 Å². The number of amides is 2. The zero-order valence-electron chi connectivity index (χ0n) is 16.0. The largest absolute Gasteiger partial charge is 0.453 e. The lowest BCUT2D eigenvalue weighted by Crippen LogP contribution is -2.52. The highest BCUT2D eigenvalue weighted by Gasteiger charge is 2.39. The van der Waals surface area contributed by atoms with Gasteiger partial charge in [0, 0.05) is 25.0 Å². The molecule has 2 saturated carbocycles. The number of hydrogen-bond acceptors (Lipinski definition) is 3. The maximum absolute atomic E-state index is 12.0. The minimum Gasteiger partial charge on any atom is -0.453 e. The van der Waals surface area contributed by atoms with Gasteiger partial charge in [-0.05, 0) is 38.0 Å². The van der Waals surface area contributed by atoms with Crippen LogP contribution in [0, 0.1) is 11.8 Å². The molecule has 0 atom stereocenters. The Bertz CT molecular complexity index is 345. The minimum atomic E-state index is -0.409. The fourth-order valence-corrected chi connectivity index (χ4v) is 2.40. The van der Waals surface area contributed by atoms with Crippen LogP contribution in [0.4, 0.5) is 4.79 Å². The van der Waals surface area contributed by atoms with E-state index in [1.807, 2.05) is 25.8 Å². The van der Waals surface area contributed by atoms with Crippen molar-refractivity contribution in [2.75, 3.05) is 14.2 Å². The summed E-state index contributed by atoms with van der Waals surface area (Å²) in [6.07, 6.45) is 4.58. The summed E-state index contributed by atoms with van der Waals surface area (Å²) >= 11 is 0.